The number of esters is 1. The van der Waals surface area contributed by atoms with Crippen LogP contribution >= 0.6 is 0 Å². The van der Waals surface area contributed by atoms with Crippen molar-refractivity contribution in [1.82, 2.24) is 15.1 Å². The number of fused-ring (bicyclic) bond motifs is 1. The average Bonchev–Trinajstić information content (AvgIpc) is 2.78. The molecule has 1 atom stereocenters. The van der Waals surface area contributed by atoms with E-state index in [1.807, 2.05) is 27.7 Å². The highest BCUT2D eigenvalue weighted by molar-refractivity contribution is 5.89. The van der Waals surface area contributed by atoms with E-state index in [0.717, 1.165) is 5.69 Å². The monoisotopic (exact) mass is 309 g/mol. The van der Waals surface area contributed by atoms with Crippen molar-refractivity contribution in [2.45, 2.75) is 59.2 Å². The maximum absolute atomic E-state index is 12.3. The summed E-state index contributed by atoms with van der Waals surface area (Å²) in [4.78, 5) is 25.9. The summed E-state index contributed by atoms with van der Waals surface area (Å²) < 4.78 is 10.4. The van der Waals surface area contributed by atoms with Gasteiger partial charge in [-0.25, -0.2) is 9.59 Å². The van der Waals surface area contributed by atoms with Gasteiger partial charge in [0.15, 0.2) is 5.69 Å². The molecule has 0 spiro atoms. The number of nitrogens with one attached hydrogen (secondary N) is 1. The standard InChI is InChI=1S/C15H23N3O4/c1-6-21-13(19)12-10-8-18(14(20)22-15(3,4)5)9(2)7-11(10)16-17-12/h9H,6-8H2,1-5H3,(H,16,17)/t9-/m0/s1. The molecule has 0 unspecified atom stereocenters. The quantitative estimate of drug-likeness (QED) is 0.847. The predicted octanol–water partition coefficient (Wildman–Crippen LogP) is 2.27. The van der Waals surface area contributed by atoms with Crippen LogP contribution in [0.15, 0.2) is 0 Å². The highest BCUT2D eigenvalue weighted by atomic mass is 16.6. The van der Waals surface area contributed by atoms with Crippen LogP contribution in [0.3, 0.4) is 0 Å². The fraction of sp³-hybridized carbons (Fsp3) is 0.667. The molecule has 2 heterocycles. The third-order valence-electron chi connectivity index (χ3n) is 3.41. The lowest BCUT2D eigenvalue weighted by atomic mass is 10.00. The van der Waals surface area contributed by atoms with Crippen molar-refractivity contribution < 1.29 is 19.1 Å². The largest absolute Gasteiger partial charge is 0.461 e. The van der Waals surface area contributed by atoms with Gasteiger partial charge < -0.3 is 14.4 Å². The Bertz CT molecular complexity index is 574. The number of amides is 1. The first-order valence-corrected chi connectivity index (χ1v) is 7.45. The summed E-state index contributed by atoms with van der Waals surface area (Å²) in [6.07, 6.45) is 0.211. The fourth-order valence-corrected chi connectivity index (χ4v) is 2.41. The van der Waals surface area contributed by atoms with Gasteiger partial charge >= 0.3 is 12.1 Å². The van der Waals surface area contributed by atoms with Gasteiger partial charge in [-0.3, -0.25) is 5.10 Å². The minimum Gasteiger partial charge on any atom is -0.461 e. The molecule has 0 radical (unpaired) electrons. The number of H-pyrrole nitrogens is 1. The molecule has 7 nitrogen and oxygen atoms in total. The smallest absolute Gasteiger partial charge is 0.410 e. The summed E-state index contributed by atoms with van der Waals surface area (Å²) >= 11 is 0. The first-order valence-electron chi connectivity index (χ1n) is 7.45. The predicted molar refractivity (Wildman–Crippen MR) is 79.5 cm³/mol. The number of carbonyl (C=O) groups excluding carboxylic acids is 2. The zero-order valence-corrected chi connectivity index (χ0v) is 13.7. The Morgan fingerprint density at radius 2 is 2.09 bits per heavy atom. The molecule has 1 amide bonds. The van der Waals surface area contributed by atoms with Crippen molar-refractivity contribution in [3.63, 3.8) is 0 Å². The van der Waals surface area contributed by atoms with Crippen molar-refractivity contribution in [3.05, 3.63) is 17.0 Å². The Morgan fingerprint density at radius 1 is 1.41 bits per heavy atom. The van der Waals surface area contributed by atoms with E-state index >= 15 is 0 Å². The zero-order valence-electron chi connectivity index (χ0n) is 13.7. The molecular weight excluding hydrogens is 286 g/mol. The number of hydrogen-bond acceptors (Lipinski definition) is 5. The van der Waals surface area contributed by atoms with E-state index in [0.29, 0.717) is 12.0 Å². The number of carbonyl (C=O) groups is 2. The second-order valence-corrected chi connectivity index (χ2v) is 6.41. The van der Waals surface area contributed by atoms with E-state index in [-0.39, 0.29) is 31.0 Å². The highest BCUT2D eigenvalue weighted by Crippen LogP contribution is 2.26. The van der Waals surface area contributed by atoms with Crippen LogP contribution in [0, 0.1) is 0 Å². The topological polar surface area (TPSA) is 84.5 Å². The number of aromatic amines is 1. The van der Waals surface area contributed by atoms with Crippen molar-refractivity contribution >= 4 is 12.1 Å². The Balaban J connectivity index is 2.22. The van der Waals surface area contributed by atoms with E-state index in [9.17, 15) is 9.59 Å². The lowest BCUT2D eigenvalue weighted by Crippen LogP contribution is -2.45. The molecule has 1 aromatic rings. The van der Waals surface area contributed by atoms with Crippen molar-refractivity contribution in [2.24, 2.45) is 0 Å². The third kappa shape index (κ3) is 3.40. The average molecular weight is 309 g/mol. The highest BCUT2D eigenvalue weighted by Gasteiger charge is 2.34. The lowest BCUT2D eigenvalue weighted by Gasteiger charge is -2.34. The molecule has 7 heteroatoms. The Morgan fingerprint density at radius 3 is 2.68 bits per heavy atom. The first kappa shape index (κ1) is 16.3. The molecule has 0 saturated heterocycles. The zero-order chi connectivity index (χ0) is 16.5. The van der Waals surface area contributed by atoms with Crippen LogP contribution in [0.5, 0.6) is 0 Å². The van der Waals surface area contributed by atoms with Gasteiger partial charge in [0.25, 0.3) is 0 Å². The molecule has 1 aliphatic rings. The van der Waals surface area contributed by atoms with Gasteiger partial charge in [0.05, 0.1) is 13.2 Å². The molecule has 0 aromatic carbocycles. The fourth-order valence-electron chi connectivity index (χ4n) is 2.41. The summed E-state index contributed by atoms with van der Waals surface area (Å²) in [6.45, 7) is 9.74. The van der Waals surface area contributed by atoms with Crippen molar-refractivity contribution in [2.75, 3.05) is 6.61 Å². The maximum atomic E-state index is 12.3. The molecule has 122 valence electrons. The summed E-state index contributed by atoms with van der Waals surface area (Å²) in [5, 5.41) is 6.91. The molecular formula is C15H23N3O4. The van der Waals surface area contributed by atoms with E-state index in [2.05, 4.69) is 10.2 Å². The van der Waals surface area contributed by atoms with Crippen LogP contribution in [0.25, 0.3) is 0 Å². The first-order chi connectivity index (χ1) is 10.2. The van der Waals surface area contributed by atoms with Gasteiger partial charge in [-0.2, -0.15) is 5.10 Å². The van der Waals surface area contributed by atoms with Crippen LogP contribution in [-0.2, 0) is 22.4 Å². The van der Waals surface area contributed by atoms with Crippen LogP contribution in [0.4, 0.5) is 4.79 Å². The van der Waals surface area contributed by atoms with Gasteiger partial charge in [-0.1, -0.05) is 0 Å². The van der Waals surface area contributed by atoms with Crippen molar-refractivity contribution in [3.8, 4) is 0 Å². The van der Waals surface area contributed by atoms with Gasteiger partial charge in [-0.05, 0) is 34.6 Å². The van der Waals surface area contributed by atoms with Crippen LogP contribution in [-0.4, -0.2) is 45.4 Å². The number of nitrogens with zero attached hydrogens (tertiary/aromatic N) is 2. The third-order valence-corrected chi connectivity index (χ3v) is 3.41. The molecule has 0 aliphatic carbocycles. The number of ether oxygens (including phenoxy) is 2. The van der Waals surface area contributed by atoms with Crippen LogP contribution in [0.1, 0.15) is 56.4 Å². The van der Waals surface area contributed by atoms with Gasteiger partial charge in [0.2, 0.25) is 0 Å². The van der Waals surface area contributed by atoms with Gasteiger partial charge in [0, 0.05) is 23.7 Å². The molecule has 2 rings (SSSR count). The minimum atomic E-state index is -0.558. The van der Waals surface area contributed by atoms with Crippen LogP contribution < -0.4 is 0 Å². The summed E-state index contributed by atoms with van der Waals surface area (Å²) in [5.74, 6) is -0.473. The van der Waals surface area contributed by atoms with Gasteiger partial charge in [0.1, 0.15) is 5.60 Å². The number of rotatable bonds is 2. The molecule has 0 bridgehead atoms. The van der Waals surface area contributed by atoms with E-state index < -0.39 is 11.6 Å². The summed E-state index contributed by atoms with van der Waals surface area (Å²) in [5.41, 5.74) is 1.27. The number of aromatic nitrogens is 2. The van der Waals surface area contributed by atoms with Crippen LogP contribution in [0.2, 0.25) is 0 Å². The Hall–Kier alpha value is -2.05. The van der Waals surface area contributed by atoms with E-state index in [1.54, 1.807) is 11.8 Å². The molecule has 0 saturated carbocycles. The molecule has 1 aliphatic heterocycles. The second-order valence-electron chi connectivity index (χ2n) is 6.41. The molecule has 22 heavy (non-hydrogen) atoms. The normalized spacial score (nSPS) is 17.9. The SMILES string of the molecule is CCOC(=O)c1n[nH]c2c1CN(C(=O)OC(C)(C)C)[C@@H](C)C2. The van der Waals surface area contributed by atoms with E-state index in [4.69, 9.17) is 9.47 Å². The van der Waals surface area contributed by atoms with Crippen molar-refractivity contribution in [1.29, 1.82) is 0 Å². The summed E-state index contributed by atoms with van der Waals surface area (Å²) in [7, 11) is 0. The Labute approximate surface area is 130 Å². The number of hydrogen-bond donors (Lipinski definition) is 1. The summed E-state index contributed by atoms with van der Waals surface area (Å²) in [6, 6.07) is -0.0298. The second kappa shape index (κ2) is 5.98. The van der Waals surface area contributed by atoms with E-state index in [1.165, 1.54) is 0 Å². The van der Waals surface area contributed by atoms with Gasteiger partial charge in [-0.15, -0.1) is 0 Å². The lowest BCUT2D eigenvalue weighted by molar-refractivity contribution is 0.0134. The Kier molecular flexibility index (Phi) is 4.44. The minimum absolute atomic E-state index is 0.0298. The molecule has 1 aromatic heterocycles. The molecule has 1 N–H and O–H groups in total. The molecule has 0 fully saturated rings. The maximum Gasteiger partial charge on any atom is 0.410 e.